The monoisotopic (exact) mass is 141 g/mol. The molecule has 10 heavy (non-hydrogen) atoms. The predicted molar refractivity (Wildman–Crippen MR) is 32.7 cm³/mol. The summed E-state index contributed by atoms with van der Waals surface area (Å²) < 4.78 is 1.34. The van der Waals surface area contributed by atoms with Gasteiger partial charge in [-0.05, 0) is 0 Å². The van der Waals surface area contributed by atoms with Gasteiger partial charge >= 0.3 is 5.91 Å². The molecule has 0 atom stereocenters. The second kappa shape index (κ2) is 2.44. The first-order chi connectivity index (χ1) is 4.75. The van der Waals surface area contributed by atoms with Gasteiger partial charge in [-0.3, -0.25) is 10.2 Å². The topological polar surface area (TPSA) is 85.8 Å². The zero-order valence-corrected chi connectivity index (χ0v) is 5.40. The molecular formula is C4H7N5O. The second-order valence-electron chi connectivity index (χ2n) is 1.68. The molecule has 0 unspecified atom stereocenters. The van der Waals surface area contributed by atoms with E-state index in [0.29, 0.717) is 0 Å². The fourth-order valence-electron chi connectivity index (χ4n) is 0.566. The molecular weight excluding hydrogens is 134 g/mol. The van der Waals surface area contributed by atoms with Crippen LogP contribution in [-0.4, -0.2) is 20.7 Å². The third-order valence-corrected chi connectivity index (χ3v) is 1.05. The smallest absolute Gasteiger partial charge is 0.287 e. The molecule has 0 radical (unpaired) electrons. The fraction of sp³-hybridized carbons (Fsp3) is 0.250. The molecule has 0 saturated carbocycles. The van der Waals surface area contributed by atoms with Crippen LogP contribution in [0.3, 0.4) is 0 Å². The van der Waals surface area contributed by atoms with Crippen LogP contribution in [0.25, 0.3) is 0 Å². The highest BCUT2D eigenvalue weighted by Gasteiger charge is 2.08. The van der Waals surface area contributed by atoms with Crippen LogP contribution in [0.15, 0.2) is 6.33 Å². The average Bonchev–Trinajstić information content (AvgIpc) is 2.34. The quantitative estimate of drug-likeness (QED) is 0.281. The van der Waals surface area contributed by atoms with Gasteiger partial charge in [0.2, 0.25) is 5.82 Å². The summed E-state index contributed by atoms with van der Waals surface area (Å²) >= 11 is 0. The molecule has 1 heterocycles. The Bertz CT molecular complexity index is 242. The summed E-state index contributed by atoms with van der Waals surface area (Å²) in [6.45, 7) is 0. The maximum atomic E-state index is 10.7. The van der Waals surface area contributed by atoms with Crippen molar-refractivity contribution in [1.29, 1.82) is 0 Å². The maximum absolute atomic E-state index is 10.7. The van der Waals surface area contributed by atoms with Crippen LogP contribution in [0, 0.1) is 0 Å². The largest absolute Gasteiger partial charge is 0.302 e. The summed E-state index contributed by atoms with van der Waals surface area (Å²) in [4.78, 5) is 14.4. The summed E-state index contributed by atoms with van der Waals surface area (Å²) in [6.07, 6.45) is 1.28. The van der Waals surface area contributed by atoms with Gasteiger partial charge in [-0.15, -0.1) is 0 Å². The zero-order chi connectivity index (χ0) is 7.56. The van der Waals surface area contributed by atoms with E-state index in [2.05, 4.69) is 10.1 Å². The lowest BCUT2D eigenvalue weighted by atomic mass is 10.6. The van der Waals surface area contributed by atoms with Crippen LogP contribution in [0.5, 0.6) is 0 Å². The molecule has 0 aromatic carbocycles. The number of nitrogens with two attached hydrogens (primary N) is 1. The number of amides is 1. The lowest BCUT2D eigenvalue weighted by Gasteiger charge is -1.95. The summed E-state index contributed by atoms with van der Waals surface area (Å²) in [7, 11) is 1.61. The van der Waals surface area contributed by atoms with Crippen molar-refractivity contribution in [3.63, 3.8) is 0 Å². The van der Waals surface area contributed by atoms with Crippen molar-refractivity contribution in [1.82, 2.24) is 20.2 Å². The number of carbonyl (C=O) groups is 1. The number of nitrogens with zero attached hydrogens (tertiary/aromatic N) is 3. The highest BCUT2D eigenvalue weighted by Crippen LogP contribution is 1.87. The van der Waals surface area contributed by atoms with Crippen molar-refractivity contribution in [2.45, 2.75) is 0 Å². The minimum Gasteiger partial charge on any atom is -0.287 e. The van der Waals surface area contributed by atoms with E-state index in [1.807, 2.05) is 5.43 Å². The van der Waals surface area contributed by atoms with Gasteiger partial charge in [0.05, 0.1) is 0 Å². The Hall–Kier alpha value is -1.43. The third kappa shape index (κ3) is 0.960. The molecule has 1 amide bonds. The van der Waals surface area contributed by atoms with Gasteiger partial charge in [-0.25, -0.2) is 15.5 Å². The number of hydrogen-bond acceptors (Lipinski definition) is 4. The lowest BCUT2D eigenvalue weighted by molar-refractivity contribution is 0.0939. The number of aromatic nitrogens is 3. The second-order valence-corrected chi connectivity index (χ2v) is 1.68. The number of nitrogen functional groups attached to an aromatic ring is 1. The Morgan fingerprint density at radius 2 is 2.60 bits per heavy atom. The number of carbonyl (C=O) groups excluding carboxylic acids is 1. The van der Waals surface area contributed by atoms with Gasteiger partial charge in [-0.2, -0.15) is 5.10 Å². The van der Waals surface area contributed by atoms with Crippen LogP contribution < -0.4 is 11.3 Å². The molecule has 0 aliphatic carbocycles. The maximum Gasteiger partial charge on any atom is 0.302 e. The molecule has 3 N–H and O–H groups in total. The van der Waals surface area contributed by atoms with Crippen molar-refractivity contribution in [3.05, 3.63) is 12.2 Å². The molecule has 1 rings (SSSR count). The molecule has 0 bridgehead atoms. The van der Waals surface area contributed by atoms with Crippen LogP contribution in [-0.2, 0) is 7.05 Å². The van der Waals surface area contributed by atoms with Gasteiger partial charge in [0.1, 0.15) is 6.33 Å². The minimum atomic E-state index is -0.444. The molecule has 1 aromatic rings. The van der Waals surface area contributed by atoms with Crippen LogP contribution in [0.1, 0.15) is 10.6 Å². The number of hydrogen-bond donors (Lipinski definition) is 2. The summed E-state index contributed by atoms with van der Waals surface area (Å²) in [5.74, 6) is 4.60. The highest BCUT2D eigenvalue weighted by molar-refractivity contribution is 5.89. The first-order valence-corrected chi connectivity index (χ1v) is 2.60. The van der Waals surface area contributed by atoms with E-state index in [9.17, 15) is 4.79 Å². The number of aryl methyl sites for hydroxylation is 1. The third-order valence-electron chi connectivity index (χ3n) is 1.05. The predicted octanol–water partition coefficient (Wildman–Crippen LogP) is -1.58. The number of nitrogens with one attached hydrogen (secondary N) is 1. The first kappa shape index (κ1) is 6.69. The highest BCUT2D eigenvalue weighted by atomic mass is 16.2. The fourth-order valence-corrected chi connectivity index (χ4v) is 0.566. The van der Waals surface area contributed by atoms with Gasteiger partial charge in [-0.1, -0.05) is 0 Å². The van der Waals surface area contributed by atoms with E-state index in [0.717, 1.165) is 0 Å². The normalized spacial score (nSPS) is 9.40. The Morgan fingerprint density at radius 1 is 1.90 bits per heavy atom. The van der Waals surface area contributed by atoms with E-state index < -0.39 is 5.91 Å². The molecule has 0 aliphatic rings. The van der Waals surface area contributed by atoms with Crippen molar-refractivity contribution in [2.24, 2.45) is 12.9 Å². The van der Waals surface area contributed by atoms with Gasteiger partial charge < -0.3 is 0 Å². The Balaban J connectivity index is 2.93. The molecule has 0 fully saturated rings. The Labute approximate surface area is 57.0 Å². The number of hydrazine groups is 1. The SMILES string of the molecule is Cn1ncnc1C(=O)NN. The molecule has 0 aliphatic heterocycles. The zero-order valence-electron chi connectivity index (χ0n) is 5.40. The summed E-state index contributed by atoms with van der Waals surface area (Å²) in [5.41, 5.74) is 1.95. The minimum absolute atomic E-state index is 0.197. The molecule has 0 saturated heterocycles. The van der Waals surface area contributed by atoms with E-state index in [-0.39, 0.29) is 5.82 Å². The van der Waals surface area contributed by atoms with Crippen LogP contribution in [0.4, 0.5) is 0 Å². The van der Waals surface area contributed by atoms with Gasteiger partial charge in [0.15, 0.2) is 0 Å². The van der Waals surface area contributed by atoms with E-state index in [4.69, 9.17) is 5.84 Å². The lowest BCUT2D eigenvalue weighted by Crippen LogP contribution is -2.32. The van der Waals surface area contributed by atoms with Crippen LogP contribution in [0.2, 0.25) is 0 Å². The van der Waals surface area contributed by atoms with Gasteiger partial charge in [0.25, 0.3) is 0 Å². The van der Waals surface area contributed by atoms with Crippen molar-refractivity contribution in [2.75, 3.05) is 0 Å². The Morgan fingerprint density at radius 3 is 3.00 bits per heavy atom. The molecule has 6 nitrogen and oxygen atoms in total. The van der Waals surface area contributed by atoms with Crippen molar-refractivity contribution >= 4 is 5.91 Å². The van der Waals surface area contributed by atoms with Crippen molar-refractivity contribution in [3.8, 4) is 0 Å². The Kier molecular flexibility index (Phi) is 1.63. The molecule has 1 aromatic heterocycles. The van der Waals surface area contributed by atoms with E-state index >= 15 is 0 Å². The molecule has 54 valence electrons. The number of rotatable bonds is 1. The summed E-state index contributed by atoms with van der Waals surface area (Å²) in [5, 5.41) is 3.67. The van der Waals surface area contributed by atoms with Crippen molar-refractivity contribution < 1.29 is 4.79 Å². The molecule has 6 heteroatoms. The molecule has 0 spiro atoms. The standard InChI is InChI=1S/C4H7N5O/c1-9-3(4(10)8-5)6-2-7-9/h2H,5H2,1H3,(H,8,10). The van der Waals surface area contributed by atoms with Gasteiger partial charge in [0, 0.05) is 7.05 Å². The van der Waals surface area contributed by atoms with E-state index in [1.165, 1.54) is 11.0 Å². The summed E-state index contributed by atoms with van der Waals surface area (Å²) in [6, 6.07) is 0. The van der Waals surface area contributed by atoms with E-state index in [1.54, 1.807) is 7.05 Å². The average molecular weight is 141 g/mol. The van der Waals surface area contributed by atoms with Crippen LogP contribution >= 0.6 is 0 Å². The first-order valence-electron chi connectivity index (χ1n) is 2.60.